The van der Waals surface area contributed by atoms with Gasteiger partial charge in [0.15, 0.2) is 0 Å². The number of hydrogen-bond donors (Lipinski definition) is 3. The fourth-order valence-electron chi connectivity index (χ4n) is 3.51. The van der Waals surface area contributed by atoms with Gasteiger partial charge in [-0.3, -0.25) is 4.79 Å². The largest absolute Gasteiger partial charge is 0.384 e. The van der Waals surface area contributed by atoms with Gasteiger partial charge in [0.25, 0.3) is 0 Å². The molecule has 0 unspecified atom stereocenters. The van der Waals surface area contributed by atoms with Gasteiger partial charge in [0.05, 0.1) is 28.4 Å². The summed E-state index contributed by atoms with van der Waals surface area (Å²) in [5.41, 5.74) is 7.22. The van der Waals surface area contributed by atoms with Crippen molar-refractivity contribution in [2.45, 2.75) is 38.0 Å². The number of aliphatic imine (C=N–C) groups is 1. The van der Waals surface area contributed by atoms with Crippen molar-refractivity contribution in [2.24, 2.45) is 10.7 Å². The van der Waals surface area contributed by atoms with Gasteiger partial charge in [-0.15, -0.1) is 0 Å². The summed E-state index contributed by atoms with van der Waals surface area (Å²) < 4.78 is 26.1. The number of nitrogens with two attached hydrogens (primary N) is 1. The van der Waals surface area contributed by atoms with Gasteiger partial charge in [-0.25, -0.2) is 18.1 Å². The highest BCUT2D eigenvalue weighted by atomic mass is 35.5. The average molecular weight is 625 g/mol. The number of sulfonamides is 1. The summed E-state index contributed by atoms with van der Waals surface area (Å²) in [5.74, 6) is -0.0320. The molecule has 1 heterocycles. The lowest BCUT2D eigenvalue weighted by Gasteiger charge is -2.20. The molecule has 2 aromatic carbocycles. The normalized spacial score (nSPS) is 15.0. The van der Waals surface area contributed by atoms with Crippen LogP contribution >= 0.6 is 23.2 Å². The van der Waals surface area contributed by atoms with E-state index < -0.39 is 16.1 Å². The number of aryl methyl sites for hydroxylation is 1. The quantitative estimate of drug-likeness (QED) is 0.148. The predicted molar refractivity (Wildman–Crippen MR) is 169 cm³/mol. The molecule has 0 bridgehead atoms. The van der Waals surface area contributed by atoms with Gasteiger partial charge < -0.3 is 20.7 Å². The van der Waals surface area contributed by atoms with Gasteiger partial charge in [-0.1, -0.05) is 72.3 Å². The minimum absolute atomic E-state index is 0.168. The number of halogens is 2. The Labute approximate surface area is 253 Å². The van der Waals surface area contributed by atoms with E-state index in [9.17, 15) is 18.0 Å². The summed E-state index contributed by atoms with van der Waals surface area (Å²) in [6.07, 6.45) is 8.11. The molecule has 1 atom stereocenters. The van der Waals surface area contributed by atoms with E-state index in [-0.39, 0.29) is 18.2 Å². The number of nitrogens with one attached hydrogen (secondary N) is 2. The van der Waals surface area contributed by atoms with Crippen molar-refractivity contribution in [3.05, 3.63) is 94.3 Å². The first kappa shape index (κ1) is 36.0. The van der Waals surface area contributed by atoms with Crippen LogP contribution in [0.3, 0.4) is 0 Å². The first-order valence-corrected chi connectivity index (χ1v) is 15.4. The van der Waals surface area contributed by atoms with Crippen molar-refractivity contribution >= 4 is 51.6 Å². The highest BCUT2D eigenvalue weighted by Crippen LogP contribution is 2.21. The Hall–Kier alpha value is -3.02. The lowest BCUT2D eigenvalue weighted by atomic mass is 10.2. The highest BCUT2D eigenvalue weighted by Gasteiger charge is 2.28. The molecule has 3 rings (SSSR count). The van der Waals surface area contributed by atoms with Crippen LogP contribution in [0.2, 0.25) is 10.0 Å². The molecule has 224 valence electrons. The second kappa shape index (κ2) is 20.0. The Morgan fingerprint density at radius 1 is 1.20 bits per heavy atom. The number of amides is 1. The van der Waals surface area contributed by atoms with Crippen LogP contribution < -0.4 is 15.8 Å². The van der Waals surface area contributed by atoms with Crippen LogP contribution in [0.4, 0.5) is 0 Å². The zero-order valence-electron chi connectivity index (χ0n) is 23.4. The minimum Gasteiger partial charge on any atom is -0.384 e. The molecule has 1 aliphatic rings. The summed E-state index contributed by atoms with van der Waals surface area (Å²) in [6.45, 7) is 6.59. The smallest absolute Gasteiger partial charge is 0.238 e. The Balaban J connectivity index is 0.000000351. The molecule has 0 aromatic heterocycles. The monoisotopic (exact) mass is 623 g/mol. The van der Waals surface area contributed by atoms with E-state index in [1.54, 1.807) is 54.8 Å². The molecule has 0 spiro atoms. The van der Waals surface area contributed by atoms with Crippen molar-refractivity contribution in [3.63, 3.8) is 0 Å². The first-order chi connectivity index (χ1) is 19.5. The molecule has 1 aliphatic heterocycles. The van der Waals surface area contributed by atoms with Crippen LogP contribution in [0.25, 0.3) is 0 Å². The number of nitrogens with zero attached hydrogens (tertiary/aromatic N) is 2. The minimum atomic E-state index is -3.57. The molecule has 4 N–H and O–H groups in total. The first-order valence-electron chi connectivity index (χ1n) is 13.0. The standard InChI is InChI=1S/C14H18N2O4S.C8H15N3.C7H6Cl2/c17-10-13-7-4-8-16(13)14(18)9-15-21(19,20)11-12-5-2-1-3-6-12;1-3-5-8(9)11-7-4-6-10-2;1-5-2-3-6(8)7(9)4-5/h1-3,5-6,10,13,15H,4,7-9,11H2;3,5,7,10H,1,4,6,9H2,2H3;2-4H,1H3/b;8-5-,11-7-;/t13-;;/m0../s1. The number of carbonyl (C=O) groups excluding carboxylic acids is 2. The van der Waals surface area contributed by atoms with Crippen molar-refractivity contribution in [2.75, 3.05) is 26.7 Å². The van der Waals surface area contributed by atoms with Gasteiger partial charge in [0.2, 0.25) is 15.9 Å². The fourth-order valence-corrected chi connectivity index (χ4v) is 4.93. The van der Waals surface area contributed by atoms with E-state index in [4.69, 9.17) is 28.9 Å². The Morgan fingerprint density at radius 3 is 2.49 bits per heavy atom. The van der Waals surface area contributed by atoms with Gasteiger partial charge in [0.1, 0.15) is 12.1 Å². The summed E-state index contributed by atoms with van der Waals surface area (Å²) in [5, 5.41) is 4.24. The lowest BCUT2D eigenvalue weighted by molar-refractivity contribution is -0.133. The van der Waals surface area contributed by atoms with Crippen molar-refractivity contribution in [1.29, 1.82) is 0 Å². The van der Waals surface area contributed by atoms with Crippen LogP contribution in [-0.2, 0) is 25.4 Å². The van der Waals surface area contributed by atoms with Crippen molar-refractivity contribution in [3.8, 4) is 0 Å². The zero-order valence-corrected chi connectivity index (χ0v) is 25.8. The molecule has 2 aromatic rings. The van der Waals surface area contributed by atoms with E-state index >= 15 is 0 Å². The van der Waals surface area contributed by atoms with Crippen LogP contribution in [0.1, 0.15) is 30.4 Å². The molecule has 1 amide bonds. The SMILES string of the molecule is C=C/C=C(N)\N=C/CCNC.Cc1ccc(Cl)c(Cl)c1.O=C[C@@H]1CCCN1C(=O)CNS(=O)(=O)Cc1ccccc1. The van der Waals surface area contributed by atoms with Gasteiger partial charge in [-0.05, 0) is 69.1 Å². The summed E-state index contributed by atoms with van der Waals surface area (Å²) in [6, 6.07) is 13.9. The van der Waals surface area contributed by atoms with Gasteiger partial charge >= 0.3 is 0 Å². The molecule has 41 heavy (non-hydrogen) atoms. The maximum atomic E-state index is 12.0. The van der Waals surface area contributed by atoms with Crippen LogP contribution in [0.5, 0.6) is 0 Å². The number of carbonyl (C=O) groups is 2. The molecule has 1 saturated heterocycles. The van der Waals surface area contributed by atoms with E-state index in [1.807, 2.05) is 26.1 Å². The molecular formula is C29H39Cl2N5O4S. The molecule has 0 aliphatic carbocycles. The van der Waals surface area contributed by atoms with Gasteiger partial charge in [0, 0.05) is 12.8 Å². The molecule has 0 saturated carbocycles. The van der Waals surface area contributed by atoms with E-state index in [2.05, 4.69) is 21.6 Å². The maximum Gasteiger partial charge on any atom is 0.238 e. The number of aldehydes is 1. The Bertz CT molecular complexity index is 1270. The van der Waals surface area contributed by atoms with Crippen LogP contribution in [0.15, 0.2) is 78.1 Å². The molecule has 12 heteroatoms. The van der Waals surface area contributed by atoms with E-state index in [0.717, 1.165) is 31.2 Å². The number of benzene rings is 2. The maximum absolute atomic E-state index is 12.0. The number of hydrogen-bond acceptors (Lipinski definition) is 7. The third-order valence-electron chi connectivity index (χ3n) is 5.55. The zero-order chi connectivity index (χ0) is 30.7. The van der Waals surface area contributed by atoms with Crippen molar-refractivity contribution in [1.82, 2.24) is 14.9 Å². The topological polar surface area (TPSA) is 134 Å². The second-order valence-corrected chi connectivity index (χ2v) is 11.6. The third-order valence-corrected chi connectivity index (χ3v) is 7.58. The highest BCUT2D eigenvalue weighted by molar-refractivity contribution is 7.88. The number of allylic oxidation sites excluding steroid dienone is 2. The third kappa shape index (κ3) is 15.5. The lowest BCUT2D eigenvalue weighted by Crippen LogP contribution is -2.43. The number of likely N-dealkylation sites (tertiary alicyclic amines) is 1. The molecule has 0 radical (unpaired) electrons. The molecular weight excluding hydrogens is 585 g/mol. The summed E-state index contributed by atoms with van der Waals surface area (Å²) in [4.78, 5) is 28.2. The fraction of sp³-hybridized carbons (Fsp3) is 0.345. The molecule has 9 nitrogen and oxygen atoms in total. The molecule has 1 fully saturated rings. The van der Waals surface area contributed by atoms with E-state index in [1.165, 1.54) is 4.90 Å². The Morgan fingerprint density at radius 2 is 1.90 bits per heavy atom. The van der Waals surface area contributed by atoms with Crippen LogP contribution in [0, 0.1) is 6.92 Å². The van der Waals surface area contributed by atoms with Crippen LogP contribution in [-0.4, -0.2) is 64.4 Å². The second-order valence-electron chi connectivity index (χ2n) is 8.95. The summed E-state index contributed by atoms with van der Waals surface area (Å²) >= 11 is 11.3. The number of rotatable bonds is 11. The van der Waals surface area contributed by atoms with E-state index in [0.29, 0.717) is 34.4 Å². The van der Waals surface area contributed by atoms with Gasteiger partial charge in [-0.2, -0.15) is 0 Å². The Kier molecular flexibility index (Phi) is 17.5. The predicted octanol–water partition coefficient (Wildman–Crippen LogP) is 4.25. The average Bonchev–Trinajstić information content (AvgIpc) is 3.43. The summed E-state index contributed by atoms with van der Waals surface area (Å²) in [7, 11) is -1.67. The van der Waals surface area contributed by atoms with Crippen molar-refractivity contribution < 1.29 is 18.0 Å².